The van der Waals surface area contributed by atoms with Crippen LogP contribution in [0.1, 0.15) is 0 Å². The molecule has 1 amide bonds. The molecule has 0 aliphatic rings. The fourth-order valence-corrected chi connectivity index (χ4v) is 2.59. The molecule has 0 saturated carbocycles. The molecule has 26 heavy (non-hydrogen) atoms. The molecule has 2 aromatic heterocycles. The Hall–Kier alpha value is -3.67. The number of hydrogen-bond acceptors (Lipinski definition) is 4. The van der Waals surface area contributed by atoms with Crippen molar-refractivity contribution >= 4 is 28.9 Å². The van der Waals surface area contributed by atoms with Crippen molar-refractivity contribution < 1.29 is 4.79 Å². The normalized spacial score (nSPS) is 11.2. The number of allylic oxidation sites excluding steroid dienone is 2. The molecule has 0 aliphatic heterocycles. The first-order chi connectivity index (χ1) is 12.7. The number of carbonyl (C=O) groups is 1. The van der Waals surface area contributed by atoms with Gasteiger partial charge in [0.25, 0.3) is 0 Å². The standard InChI is InChI=1S/C20H19N5O/c1-3-5-14(4-2)11-21-19-17-10-18(25-20(17)23-12-22-19)15-6-8-16(9-7-15)24-13-26/h3-10,12-13H,1-2,11H2,(H,24,26)(H2,21,22,23,25)/b14-5+. The van der Waals surface area contributed by atoms with Gasteiger partial charge >= 0.3 is 0 Å². The van der Waals surface area contributed by atoms with E-state index in [1.165, 1.54) is 6.33 Å². The van der Waals surface area contributed by atoms with E-state index in [-0.39, 0.29) is 0 Å². The topological polar surface area (TPSA) is 82.7 Å². The summed E-state index contributed by atoms with van der Waals surface area (Å²) < 4.78 is 0. The van der Waals surface area contributed by atoms with E-state index in [1.807, 2.05) is 36.4 Å². The summed E-state index contributed by atoms with van der Waals surface area (Å²) in [5, 5.41) is 6.83. The van der Waals surface area contributed by atoms with Gasteiger partial charge in [0, 0.05) is 17.9 Å². The van der Waals surface area contributed by atoms with E-state index in [0.717, 1.165) is 39.4 Å². The van der Waals surface area contributed by atoms with Gasteiger partial charge in [-0.1, -0.05) is 43.5 Å². The first-order valence-electron chi connectivity index (χ1n) is 8.07. The highest BCUT2D eigenvalue weighted by Crippen LogP contribution is 2.27. The van der Waals surface area contributed by atoms with Crippen molar-refractivity contribution in [3.05, 3.63) is 73.6 Å². The van der Waals surface area contributed by atoms with Crippen molar-refractivity contribution in [1.82, 2.24) is 15.0 Å². The average Bonchev–Trinajstić information content (AvgIpc) is 3.11. The Balaban J connectivity index is 1.88. The molecular weight excluding hydrogens is 326 g/mol. The summed E-state index contributed by atoms with van der Waals surface area (Å²) in [5.41, 5.74) is 4.42. The van der Waals surface area contributed by atoms with Crippen molar-refractivity contribution in [2.75, 3.05) is 17.2 Å². The summed E-state index contributed by atoms with van der Waals surface area (Å²) >= 11 is 0. The molecule has 0 radical (unpaired) electrons. The zero-order chi connectivity index (χ0) is 18.4. The number of carbonyl (C=O) groups excluding carboxylic acids is 1. The first-order valence-corrected chi connectivity index (χ1v) is 8.07. The summed E-state index contributed by atoms with van der Waals surface area (Å²) in [6.45, 7) is 8.09. The van der Waals surface area contributed by atoms with Gasteiger partial charge in [-0.25, -0.2) is 9.97 Å². The van der Waals surface area contributed by atoms with Crippen molar-refractivity contribution in [1.29, 1.82) is 0 Å². The minimum absolute atomic E-state index is 0.591. The molecule has 0 atom stereocenters. The molecule has 0 spiro atoms. The van der Waals surface area contributed by atoms with Gasteiger partial charge < -0.3 is 15.6 Å². The lowest BCUT2D eigenvalue weighted by molar-refractivity contribution is -0.105. The van der Waals surface area contributed by atoms with Gasteiger partial charge in [-0.15, -0.1) is 0 Å². The summed E-state index contributed by atoms with van der Waals surface area (Å²) in [4.78, 5) is 22.4. The highest BCUT2D eigenvalue weighted by molar-refractivity contribution is 5.91. The highest BCUT2D eigenvalue weighted by Gasteiger charge is 2.09. The molecular formula is C20H19N5O. The third-order valence-corrected chi connectivity index (χ3v) is 3.90. The van der Waals surface area contributed by atoms with E-state index < -0.39 is 0 Å². The number of anilines is 2. The molecule has 0 fully saturated rings. The predicted molar refractivity (Wildman–Crippen MR) is 106 cm³/mol. The Bertz CT molecular complexity index is 970. The largest absolute Gasteiger partial charge is 0.365 e. The maximum absolute atomic E-state index is 10.5. The lowest BCUT2D eigenvalue weighted by Crippen LogP contribution is -2.05. The number of rotatable bonds is 8. The fraction of sp³-hybridized carbons (Fsp3) is 0.0500. The molecule has 3 N–H and O–H groups in total. The predicted octanol–water partition coefficient (Wildman–Crippen LogP) is 3.90. The van der Waals surface area contributed by atoms with Crippen LogP contribution >= 0.6 is 0 Å². The third-order valence-electron chi connectivity index (χ3n) is 3.90. The number of benzene rings is 1. The zero-order valence-corrected chi connectivity index (χ0v) is 14.2. The number of nitrogens with one attached hydrogen (secondary N) is 3. The maximum atomic E-state index is 10.5. The quantitative estimate of drug-likeness (QED) is 0.427. The maximum Gasteiger partial charge on any atom is 0.211 e. The number of hydrogen-bond donors (Lipinski definition) is 3. The van der Waals surface area contributed by atoms with Crippen LogP contribution in [0.25, 0.3) is 22.3 Å². The van der Waals surface area contributed by atoms with Gasteiger partial charge in [-0.3, -0.25) is 4.79 Å². The molecule has 3 aromatic rings. The summed E-state index contributed by atoms with van der Waals surface area (Å²) in [7, 11) is 0. The molecule has 2 heterocycles. The fourth-order valence-electron chi connectivity index (χ4n) is 2.59. The SMILES string of the molecule is C=C/C=C(\C=C)CNc1ncnc2[nH]c(-c3ccc(NC=O)cc3)cc12. The van der Waals surface area contributed by atoms with Crippen molar-refractivity contribution in [2.24, 2.45) is 0 Å². The van der Waals surface area contributed by atoms with Crippen LogP contribution < -0.4 is 10.6 Å². The molecule has 6 nitrogen and oxygen atoms in total. The lowest BCUT2D eigenvalue weighted by atomic mass is 10.1. The smallest absolute Gasteiger partial charge is 0.211 e. The van der Waals surface area contributed by atoms with Gasteiger partial charge in [0.2, 0.25) is 6.41 Å². The Morgan fingerprint density at radius 1 is 1.19 bits per heavy atom. The van der Waals surface area contributed by atoms with Gasteiger partial charge in [0.15, 0.2) is 0 Å². The second-order valence-electron chi connectivity index (χ2n) is 5.54. The molecule has 0 saturated heterocycles. The number of aromatic nitrogens is 3. The lowest BCUT2D eigenvalue weighted by Gasteiger charge is -2.06. The summed E-state index contributed by atoms with van der Waals surface area (Å²) in [6.07, 6.45) is 7.59. The number of fused-ring (bicyclic) bond motifs is 1. The summed E-state index contributed by atoms with van der Waals surface area (Å²) in [5.74, 6) is 0.744. The van der Waals surface area contributed by atoms with E-state index in [0.29, 0.717) is 13.0 Å². The Labute approximate surface area is 151 Å². The molecule has 1 aromatic carbocycles. The van der Waals surface area contributed by atoms with Crippen LogP contribution in [0.3, 0.4) is 0 Å². The Morgan fingerprint density at radius 2 is 2.00 bits per heavy atom. The van der Waals surface area contributed by atoms with E-state index >= 15 is 0 Å². The van der Waals surface area contributed by atoms with Gasteiger partial charge in [0.1, 0.15) is 17.8 Å². The van der Waals surface area contributed by atoms with E-state index in [4.69, 9.17) is 0 Å². The monoisotopic (exact) mass is 345 g/mol. The Kier molecular flexibility index (Phi) is 5.24. The number of aromatic amines is 1. The molecule has 6 heteroatoms. The molecule has 3 rings (SSSR count). The zero-order valence-electron chi connectivity index (χ0n) is 14.2. The molecule has 0 unspecified atom stereocenters. The van der Waals surface area contributed by atoms with E-state index in [2.05, 4.69) is 38.7 Å². The van der Waals surface area contributed by atoms with Crippen molar-refractivity contribution in [3.63, 3.8) is 0 Å². The van der Waals surface area contributed by atoms with Gasteiger partial charge in [-0.05, 0) is 29.3 Å². The van der Waals surface area contributed by atoms with Crippen molar-refractivity contribution in [3.8, 4) is 11.3 Å². The number of H-pyrrole nitrogens is 1. The van der Waals surface area contributed by atoms with Crippen LogP contribution in [0.4, 0.5) is 11.5 Å². The third kappa shape index (κ3) is 3.70. The van der Waals surface area contributed by atoms with Crippen LogP contribution in [0, 0.1) is 0 Å². The van der Waals surface area contributed by atoms with Crippen LogP contribution in [-0.2, 0) is 4.79 Å². The summed E-state index contributed by atoms with van der Waals surface area (Å²) in [6, 6.07) is 9.55. The molecule has 0 bridgehead atoms. The Morgan fingerprint density at radius 3 is 2.69 bits per heavy atom. The second-order valence-corrected chi connectivity index (χ2v) is 5.54. The minimum atomic E-state index is 0.591. The average molecular weight is 345 g/mol. The van der Waals surface area contributed by atoms with Crippen LogP contribution in [0.5, 0.6) is 0 Å². The van der Waals surface area contributed by atoms with Crippen molar-refractivity contribution in [2.45, 2.75) is 0 Å². The highest BCUT2D eigenvalue weighted by atomic mass is 16.1. The van der Waals surface area contributed by atoms with Gasteiger partial charge in [-0.2, -0.15) is 0 Å². The number of nitrogens with zero attached hydrogens (tertiary/aromatic N) is 2. The van der Waals surface area contributed by atoms with Crippen LogP contribution in [-0.4, -0.2) is 27.9 Å². The van der Waals surface area contributed by atoms with Crippen LogP contribution in [0.15, 0.2) is 73.6 Å². The van der Waals surface area contributed by atoms with E-state index in [1.54, 1.807) is 12.2 Å². The second kappa shape index (κ2) is 7.94. The number of amides is 1. The minimum Gasteiger partial charge on any atom is -0.365 e. The van der Waals surface area contributed by atoms with E-state index in [9.17, 15) is 4.79 Å². The van der Waals surface area contributed by atoms with Gasteiger partial charge in [0.05, 0.1) is 5.39 Å². The first kappa shape index (κ1) is 17.2. The van der Waals surface area contributed by atoms with Crippen LogP contribution in [0.2, 0.25) is 0 Å². The molecule has 130 valence electrons. The molecule has 0 aliphatic carbocycles.